The van der Waals surface area contributed by atoms with Crippen LogP contribution in [0.2, 0.25) is 0 Å². The van der Waals surface area contributed by atoms with E-state index in [1.54, 1.807) is 11.3 Å². The van der Waals surface area contributed by atoms with Crippen LogP contribution in [0.25, 0.3) is 0 Å². The summed E-state index contributed by atoms with van der Waals surface area (Å²) in [5, 5.41) is 5.37. The second-order valence-electron chi connectivity index (χ2n) is 5.54. The molecule has 0 saturated heterocycles. The predicted molar refractivity (Wildman–Crippen MR) is 71.2 cm³/mol. The third-order valence-electron chi connectivity index (χ3n) is 2.93. The SMILES string of the molecule is CC(C)(C)NCC(=O)N1CCc2sccc2C1. The van der Waals surface area contributed by atoms with Gasteiger partial charge in [-0.3, -0.25) is 4.79 Å². The first-order chi connectivity index (χ1) is 7.96. The minimum Gasteiger partial charge on any atom is -0.337 e. The van der Waals surface area contributed by atoms with Crippen LogP contribution in [0.5, 0.6) is 0 Å². The van der Waals surface area contributed by atoms with Crippen molar-refractivity contribution >= 4 is 17.2 Å². The van der Waals surface area contributed by atoms with Gasteiger partial charge in [0.05, 0.1) is 6.54 Å². The molecule has 0 atom stereocenters. The number of hydrogen-bond donors (Lipinski definition) is 1. The molecule has 0 fully saturated rings. The maximum Gasteiger partial charge on any atom is 0.236 e. The average Bonchev–Trinajstić information content (AvgIpc) is 2.71. The first-order valence-electron chi connectivity index (χ1n) is 6.04. The van der Waals surface area contributed by atoms with Crippen LogP contribution in [0.4, 0.5) is 0 Å². The minimum atomic E-state index is -0.00100. The maximum atomic E-state index is 12.0. The molecule has 1 aliphatic rings. The van der Waals surface area contributed by atoms with Gasteiger partial charge in [-0.15, -0.1) is 11.3 Å². The normalized spacial score (nSPS) is 15.8. The van der Waals surface area contributed by atoms with Crippen LogP contribution < -0.4 is 5.32 Å². The zero-order valence-electron chi connectivity index (χ0n) is 10.7. The van der Waals surface area contributed by atoms with Crippen molar-refractivity contribution in [2.75, 3.05) is 13.1 Å². The van der Waals surface area contributed by atoms with Gasteiger partial charge in [0.25, 0.3) is 0 Å². The highest BCUT2D eigenvalue weighted by atomic mass is 32.1. The number of carbonyl (C=O) groups is 1. The molecule has 1 aromatic rings. The molecule has 94 valence electrons. The summed E-state index contributed by atoms with van der Waals surface area (Å²) in [6.07, 6.45) is 1.01. The van der Waals surface area contributed by atoms with Gasteiger partial charge < -0.3 is 10.2 Å². The standard InChI is InChI=1S/C13H20N2OS/c1-13(2,3)14-8-12(16)15-6-4-11-10(9-15)5-7-17-11/h5,7,14H,4,6,8-9H2,1-3H3. The smallest absolute Gasteiger partial charge is 0.236 e. The molecule has 3 nitrogen and oxygen atoms in total. The number of fused-ring (bicyclic) bond motifs is 1. The molecule has 0 radical (unpaired) electrons. The van der Waals surface area contributed by atoms with Crippen molar-refractivity contribution in [1.82, 2.24) is 10.2 Å². The molecule has 1 aromatic heterocycles. The van der Waals surface area contributed by atoms with Gasteiger partial charge in [-0.25, -0.2) is 0 Å². The van der Waals surface area contributed by atoms with Crippen molar-refractivity contribution in [3.63, 3.8) is 0 Å². The molecule has 2 heterocycles. The summed E-state index contributed by atoms with van der Waals surface area (Å²) in [4.78, 5) is 15.4. The first-order valence-corrected chi connectivity index (χ1v) is 6.92. The zero-order chi connectivity index (χ0) is 12.5. The summed E-state index contributed by atoms with van der Waals surface area (Å²) >= 11 is 1.80. The lowest BCUT2D eigenvalue weighted by atomic mass is 10.1. The van der Waals surface area contributed by atoms with Crippen molar-refractivity contribution < 1.29 is 4.79 Å². The summed E-state index contributed by atoms with van der Waals surface area (Å²) in [5.41, 5.74) is 1.32. The van der Waals surface area contributed by atoms with Gasteiger partial charge in [0, 0.05) is 23.5 Å². The third-order valence-corrected chi connectivity index (χ3v) is 3.95. The number of nitrogens with zero attached hydrogens (tertiary/aromatic N) is 1. The molecule has 0 unspecified atom stereocenters. The Morgan fingerprint density at radius 3 is 3.00 bits per heavy atom. The Bertz CT molecular complexity index is 406. The van der Waals surface area contributed by atoms with Crippen molar-refractivity contribution in [3.8, 4) is 0 Å². The lowest BCUT2D eigenvalue weighted by Gasteiger charge is -2.29. The van der Waals surface area contributed by atoms with Crippen LogP contribution >= 0.6 is 11.3 Å². The topological polar surface area (TPSA) is 32.3 Å². The molecule has 1 N–H and O–H groups in total. The Labute approximate surface area is 107 Å². The molecule has 4 heteroatoms. The zero-order valence-corrected chi connectivity index (χ0v) is 11.6. The van der Waals surface area contributed by atoms with E-state index in [2.05, 4.69) is 37.5 Å². The van der Waals surface area contributed by atoms with Gasteiger partial charge in [-0.2, -0.15) is 0 Å². The van der Waals surface area contributed by atoms with E-state index < -0.39 is 0 Å². The first kappa shape index (κ1) is 12.6. The summed E-state index contributed by atoms with van der Waals surface area (Å²) in [6.45, 7) is 8.30. The second kappa shape index (κ2) is 4.78. The van der Waals surface area contributed by atoms with E-state index in [1.807, 2.05) is 4.90 Å². The Morgan fingerprint density at radius 1 is 1.53 bits per heavy atom. The van der Waals surface area contributed by atoms with Crippen LogP contribution in [-0.2, 0) is 17.8 Å². The predicted octanol–water partition coefficient (Wildman–Crippen LogP) is 2.02. The lowest BCUT2D eigenvalue weighted by Crippen LogP contribution is -2.46. The minimum absolute atomic E-state index is 0.00100. The van der Waals surface area contributed by atoms with E-state index in [1.165, 1.54) is 10.4 Å². The van der Waals surface area contributed by atoms with E-state index >= 15 is 0 Å². The molecule has 0 spiro atoms. The largest absolute Gasteiger partial charge is 0.337 e. The summed E-state index contributed by atoms with van der Waals surface area (Å²) < 4.78 is 0. The Kier molecular flexibility index (Phi) is 3.54. The molecule has 17 heavy (non-hydrogen) atoms. The Balaban J connectivity index is 1.90. The van der Waals surface area contributed by atoms with E-state index in [0.29, 0.717) is 6.54 Å². The monoisotopic (exact) mass is 252 g/mol. The van der Waals surface area contributed by atoms with E-state index in [9.17, 15) is 4.79 Å². The van der Waals surface area contributed by atoms with Crippen LogP contribution in [0.1, 0.15) is 31.2 Å². The van der Waals surface area contributed by atoms with E-state index in [0.717, 1.165) is 19.5 Å². The average molecular weight is 252 g/mol. The number of amides is 1. The van der Waals surface area contributed by atoms with Gasteiger partial charge in [-0.05, 0) is 44.2 Å². The molecular weight excluding hydrogens is 232 g/mol. The van der Waals surface area contributed by atoms with Crippen molar-refractivity contribution in [2.45, 2.75) is 39.3 Å². The van der Waals surface area contributed by atoms with E-state index in [4.69, 9.17) is 0 Å². The highest BCUT2D eigenvalue weighted by molar-refractivity contribution is 7.10. The fourth-order valence-corrected chi connectivity index (χ4v) is 2.80. The molecule has 1 amide bonds. The van der Waals surface area contributed by atoms with Crippen LogP contribution in [0, 0.1) is 0 Å². The summed E-state index contributed by atoms with van der Waals surface area (Å²) in [6, 6.07) is 2.14. The van der Waals surface area contributed by atoms with Gasteiger partial charge in [0.2, 0.25) is 5.91 Å². The highest BCUT2D eigenvalue weighted by Gasteiger charge is 2.22. The molecule has 0 bridgehead atoms. The second-order valence-corrected chi connectivity index (χ2v) is 6.54. The molecule has 0 aromatic carbocycles. The Morgan fingerprint density at radius 2 is 2.29 bits per heavy atom. The number of rotatable bonds is 2. The van der Waals surface area contributed by atoms with Crippen molar-refractivity contribution in [1.29, 1.82) is 0 Å². The summed E-state index contributed by atoms with van der Waals surface area (Å²) in [7, 11) is 0. The van der Waals surface area contributed by atoms with Crippen molar-refractivity contribution in [3.05, 3.63) is 21.9 Å². The van der Waals surface area contributed by atoms with Gasteiger partial charge in [0.15, 0.2) is 0 Å². The molecule has 0 aliphatic carbocycles. The fraction of sp³-hybridized carbons (Fsp3) is 0.615. The van der Waals surface area contributed by atoms with Crippen LogP contribution in [-0.4, -0.2) is 29.4 Å². The Hall–Kier alpha value is -0.870. The maximum absolute atomic E-state index is 12.0. The number of nitrogens with one attached hydrogen (secondary N) is 1. The number of carbonyl (C=O) groups excluding carboxylic acids is 1. The van der Waals surface area contributed by atoms with Gasteiger partial charge in [-0.1, -0.05) is 0 Å². The molecular formula is C13H20N2OS. The van der Waals surface area contributed by atoms with Gasteiger partial charge in [0.1, 0.15) is 0 Å². The highest BCUT2D eigenvalue weighted by Crippen LogP contribution is 2.23. The number of thiophene rings is 1. The van der Waals surface area contributed by atoms with E-state index in [-0.39, 0.29) is 11.4 Å². The molecule has 2 rings (SSSR count). The lowest BCUT2D eigenvalue weighted by molar-refractivity contribution is -0.131. The van der Waals surface area contributed by atoms with Gasteiger partial charge >= 0.3 is 0 Å². The summed E-state index contributed by atoms with van der Waals surface area (Å²) in [5.74, 6) is 0.205. The molecule has 1 aliphatic heterocycles. The van der Waals surface area contributed by atoms with Crippen LogP contribution in [0.15, 0.2) is 11.4 Å². The third kappa shape index (κ3) is 3.30. The fourth-order valence-electron chi connectivity index (χ4n) is 1.91. The number of hydrogen-bond acceptors (Lipinski definition) is 3. The molecule has 0 saturated carbocycles. The quantitative estimate of drug-likeness (QED) is 0.873. The van der Waals surface area contributed by atoms with Crippen molar-refractivity contribution in [2.24, 2.45) is 0 Å². The van der Waals surface area contributed by atoms with Crippen LogP contribution in [0.3, 0.4) is 0 Å².